The van der Waals surface area contributed by atoms with Crippen LogP contribution in [0.4, 0.5) is 8.78 Å². The van der Waals surface area contributed by atoms with E-state index in [4.69, 9.17) is 4.42 Å². The first-order valence-corrected chi connectivity index (χ1v) is 12.5. The van der Waals surface area contributed by atoms with Gasteiger partial charge in [0.25, 0.3) is 0 Å². The molecule has 1 aliphatic heterocycles. The maximum Gasteiger partial charge on any atom is 0.243 e. The van der Waals surface area contributed by atoms with Crippen LogP contribution < -0.4 is 0 Å². The number of nitrogens with zero attached hydrogens (tertiary/aromatic N) is 3. The summed E-state index contributed by atoms with van der Waals surface area (Å²) in [5.41, 5.74) is 1.00. The Labute approximate surface area is 192 Å². The molecule has 1 aromatic carbocycles. The van der Waals surface area contributed by atoms with Crippen molar-refractivity contribution < 1.29 is 26.4 Å². The molecule has 10 heteroatoms. The summed E-state index contributed by atoms with van der Waals surface area (Å²) >= 11 is 0. The van der Waals surface area contributed by atoms with E-state index in [1.165, 1.54) is 4.31 Å². The Kier molecular flexibility index (Phi) is 7.26. The monoisotopic (exact) mass is 479 g/mol. The van der Waals surface area contributed by atoms with Gasteiger partial charge in [-0.3, -0.25) is 9.69 Å². The summed E-state index contributed by atoms with van der Waals surface area (Å²) in [5.74, 6) is -1.65. The van der Waals surface area contributed by atoms with Crippen molar-refractivity contribution in [3.63, 3.8) is 0 Å². The molecule has 0 atom stereocenters. The highest BCUT2D eigenvalue weighted by molar-refractivity contribution is 7.89. The van der Waals surface area contributed by atoms with Crippen LogP contribution >= 0.6 is 0 Å². The number of furan rings is 1. The number of sulfonamides is 1. The van der Waals surface area contributed by atoms with Crippen molar-refractivity contribution in [3.8, 4) is 0 Å². The lowest BCUT2D eigenvalue weighted by molar-refractivity contribution is -0.131. The molecule has 1 saturated heterocycles. The molecule has 1 aromatic heterocycles. The maximum absolute atomic E-state index is 13.5. The van der Waals surface area contributed by atoms with Crippen LogP contribution in [0.3, 0.4) is 0 Å². The van der Waals surface area contributed by atoms with Crippen LogP contribution in [0.5, 0.6) is 0 Å². The van der Waals surface area contributed by atoms with E-state index < -0.39 is 21.7 Å². The van der Waals surface area contributed by atoms with Gasteiger partial charge in [-0.2, -0.15) is 4.31 Å². The van der Waals surface area contributed by atoms with Crippen molar-refractivity contribution in [1.82, 2.24) is 14.1 Å². The summed E-state index contributed by atoms with van der Waals surface area (Å²) in [7, 11) is -3.94. The van der Waals surface area contributed by atoms with Gasteiger partial charge in [0.2, 0.25) is 15.9 Å². The lowest BCUT2D eigenvalue weighted by Crippen LogP contribution is -2.51. The second-order valence-electron chi connectivity index (χ2n) is 8.26. The van der Waals surface area contributed by atoms with Crippen LogP contribution in [-0.2, 0) is 21.4 Å². The van der Waals surface area contributed by atoms with E-state index in [1.807, 2.05) is 11.0 Å². The van der Waals surface area contributed by atoms with Gasteiger partial charge in [0.05, 0.1) is 24.2 Å². The molecular weight excluding hydrogens is 452 g/mol. The maximum atomic E-state index is 13.5. The Morgan fingerprint density at radius 2 is 1.85 bits per heavy atom. The van der Waals surface area contributed by atoms with E-state index in [2.05, 4.69) is 6.08 Å². The van der Waals surface area contributed by atoms with Gasteiger partial charge in [-0.1, -0.05) is 6.08 Å². The molecule has 2 heterocycles. The first-order valence-electron chi connectivity index (χ1n) is 11.0. The molecule has 4 rings (SSSR count). The van der Waals surface area contributed by atoms with Crippen LogP contribution in [0, 0.1) is 11.6 Å². The number of hydrogen-bond donors (Lipinski definition) is 0. The van der Waals surface area contributed by atoms with Crippen molar-refractivity contribution in [3.05, 3.63) is 65.8 Å². The molecule has 0 radical (unpaired) electrons. The fourth-order valence-electron chi connectivity index (χ4n) is 4.17. The highest BCUT2D eigenvalue weighted by Gasteiger charge is 2.31. The quantitative estimate of drug-likeness (QED) is 0.609. The van der Waals surface area contributed by atoms with Gasteiger partial charge in [0.1, 0.15) is 5.76 Å². The van der Waals surface area contributed by atoms with Crippen LogP contribution in [0.2, 0.25) is 0 Å². The van der Waals surface area contributed by atoms with E-state index in [-0.39, 0.29) is 30.4 Å². The van der Waals surface area contributed by atoms with Crippen molar-refractivity contribution in [2.45, 2.75) is 37.1 Å². The normalized spacial score (nSPS) is 18.2. The molecule has 2 aliphatic rings. The smallest absolute Gasteiger partial charge is 0.243 e. The molecule has 7 nitrogen and oxygen atoms in total. The number of piperazine rings is 1. The van der Waals surface area contributed by atoms with E-state index in [0.717, 1.165) is 43.5 Å². The van der Waals surface area contributed by atoms with Gasteiger partial charge < -0.3 is 9.32 Å². The number of carbonyl (C=O) groups is 1. The van der Waals surface area contributed by atoms with Gasteiger partial charge in [-0.05, 0) is 56.0 Å². The predicted octanol–water partition coefficient (Wildman–Crippen LogP) is 3.35. The van der Waals surface area contributed by atoms with Crippen molar-refractivity contribution in [1.29, 1.82) is 0 Å². The van der Waals surface area contributed by atoms with E-state index in [9.17, 15) is 22.0 Å². The van der Waals surface area contributed by atoms with Gasteiger partial charge in [0.15, 0.2) is 11.6 Å². The minimum atomic E-state index is -3.94. The zero-order valence-electron chi connectivity index (χ0n) is 18.3. The van der Waals surface area contributed by atoms with Crippen molar-refractivity contribution >= 4 is 15.9 Å². The number of rotatable bonds is 7. The van der Waals surface area contributed by atoms with E-state index in [1.54, 1.807) is 17.2 Å². The summed E-state index contributed by atoms with van der Waals surface area (Å²) in [6, 6.07) is 6.20. The molecule has 1 amide bonds. The summed E-state index contributed by atoms with van der Waals surface area (Å²) in [5, 5.41) is 0. The number of benzene rings is 1. The Bertz CT molecular complexity index is 1110. The molecule has 178 valence electrons. The zero-order valence-corrected chi connectivity index (χ0v) is 19.1. The Morgan fingerprint density at radius 3 is 2.48 bits per heavy atom. The number of amides is 1. The van der Waals surface area contributed by atoms with Gasteiger partial charge in [-0.25, -0.2) is 17.2 Å². The minimum Gasteiger partial charge on any atom is -0.467 e. The van der Waals surface area contributed by atoms with Crippen molar-refractivity contribution in [2.75, 3.05) is 32.7 Å². The highest BCUT2D eigenvalue weighted by Crippen LogP contribution is 2.24. The van der Waals surface area contributed by atoms with Crippen molar-refractivity contribution in [2.24, 2.45) is 0 Å². The van der Waals surface area contributed by atoms with Gasteiger partial charge in [-0.15, -0.1) is 0 Å². The third-order valence-electron chi connectivity index (χ3n) is 6.03. The lowest BCUT2D eigenvalue weighted by Gasteiger charge is -2.35. The summed E-state index contributed by atoms with van der Waals surface area (Å²) in [6.07, 6.45) is 7.62. The predicted molar refractivity (Wildman–Crippen MR) is 117 cm³/mol. The fraction of sp³-hybridized carbons (Fsp3) is 0.435. The van der Waals surface area contributed by atoms with Gasteiger partial charge >= 0.3 is 0 Å². The van der Waals surface area contributed by atoms with E-state index >= 15 is 0 Å². The molecule has 0 N–H and O–H groups in total. The zero-order chi connectivity index (χ0) is 23.4. The molecule has 0 saturated carbocycles. The highest BCUT2D eigenvalue weighted by atomic mass is 32.2. The first-order chi connectivity index (χ1) is 15.8. The molecule has 2 aromatic rings. The summed E-state index contributed by atoms with van der Waals surface area (Å²) < 4.78 is 59.0. The Hall–Kier alpha value is -2.56. The standard InChI is InChI=1S/C23H27F2N3O4S/c24-21-9-8-20(15-22(21)25)33(30,31)27-12-10-26(11-13-27)17-23(29)28(16-19-7-4-14-32-19)18-5-2-1-3-6-18/h4-5,7-9,14-15H,1-3,6,10-13,16-17H2. The number of hydrogen-bond acceptors (Lipinski definition) is 5. The number of halogens is 2. The van der Waals surface area contributed by atoms with Crippen LogP contribution in [0.25, 0.3) is 0 Å². The van der Waals surface area contributed by atoms with Crippen LogP contribution in [0.15, 0.2) is 57.7 Å². The largest absolute Gasteiger partial charge is 0.467 e. The number of allylic oxidation sites excluding steroid dienone is 2. The average molecular weight is 480 g/mol. The molecular formula is C23H27F2N3O4S. The molecule has 0 unspecified atom stereocenters. The fourth-order valence-corrected chi connectivity index (χ4v) is 5.60. The molecule has 0 bridgehead atoms. The second-order valence-corrected chi connectivity index (χ2v) is 10.2. The summed E-state index contributed by atoms with van der Waals surface area (Å²) in [4.78, 5) is 16.6. The Balaban J connectivity index is 1.39. The Morgan fingerprint density at radius 1 is 1.06 bits per heavy atom. The minimum absolute atomic E-state index is 0.0588. The molecule has 1 fully saturated rings. The SMILES string of the molecule is O=C(CN1CCN(S(=O)(=O)c2ccc(F)c(F)c2)CC1)N(Cc1ccco1)C1=CCCCC1. The lowest BCUT2D eigenvalue weighted by atomic mass is 10.0. The topological polar surface area (TPSA) is 74.1 Å². The summed E-state index contributed by atoms with van der Waals surface area (Å²) in [6.45, 7) is 1.58. The average Bonchev–Trinajstić information content (AvgIpc) is 3.33. The van der Waals surface area contributed by atoms with Crippen LogP contribution in [0.1, 0.15) is 31.4 Å². The molecule has 1 aliphatic carbocycles. The first kappa shape index (κ1) is 23.6. The van der Waals surface area contributed by atoms with E-state index in [0.29, 0.717) is 31.5 Å². The second kappa shape index (κ2) is 10.1. The number of carbonyl (C=O) groups excluding carboxylic acids is 1. The molecule has 33 heavy (non-hydrogen) atoms. The molecule has 0 spiro atoms. The third kappa shape index (κ3) is 5.51. The third-order valence-corrected chi connectivity index (χ3v) is 7.92. The van der Waals surface area contributed by atoms with Crippen LogP contribution in [-0.4, -0.2) is 61.2 Å². The van der Waals surface area contributed by atoms with Gasteiger partial charge in [0, 0.05) is 31.9 Å².